The third-order valence-electron chi connectivity index (χ3n) is 0.131. The summed E-state index contributed by atoms with van der Waals surface area (Å²) in [5.41, 5.74) is 0. The molecule has 0 N–H and O–H groups in total. The SMILES string of the molecule is SSS[S][InH][SH].[Ni].[Zn]. The van der Waals surface area contributed by atoms with Crippen LogP contribution in [-0.4, -0.2) is 20.0 Å². The van der Waals surface area contributed by atoms with E-state index in [0.29, 0.717) is 0 Å². The van der Waals surface area contributed by atoms with E-state index in [1.165, 1.54) is 9.83 Å². The van der Waals surface area contributed by atoms with Crippen LogP contribution in [0.5, 0.6) is 0 Å². The van der Waals surface area contributed by atoms with Crippen molar-refractivity contribution < 1.29 is 36.0 Å². The third kappa shape index (κ3) is 16.4. The zero-order valence-corrected chi connectivity index (χ0v) is 16.1. The number of hydrogen-bond acceptors (Lipinski definition) is 5. The first-order valence-electron chi connectivity index (χ1n) is 1.12. The average molecular weight is 402 g/mol. The van der Waals surface area contributed by atoms with Crippen LogP contribution < -0.4 is 0 Å². The molecule has 0 aromatic rings. The number of rotatable bonds is 3. The third-order valence-corrected chi connectivity index (χ3v) is 20.7. The monoisotopic (exact) mass is 400 g/mol. The van der Waals surface area contributed by atoms with Crippen LogP contribution in [-0.2, 0) is 36.0 Å². The second kappa shape index (κ2) is 17.0. The van der Waals surface area contributed by atoms with E-state index in [2.05, 4.69) is 21.1 Å². The molecule has 0 radical (unpaired) electrons. The van der Waals surface area contributed by atoms with Crippen LogP contribution in [0.25, 0.3) is 0 Å². The molecule has 0 aromatic carbocycles. The van der Waals surface area contributed by atoms with Gasteiger partial charge in [-0.05, 0) is 0 Å². The van der Waals surface area contributed by atoms with Crippen molar-refractivity contribution >= 4 is 68.4 Å². The van der Waals surface area contributed by atoms with Gasteiger partial charge >= 0.3 is 68.4 Å². The summed E-state index contributed by atoms with van der Waals surface area (Å²) in [6.45, 7) is 0. The molecular weight excluding hydrogens is 399 g/mol. The Kier molecular flexibility index (Phi) is 37.7. The van der Waals surface area contributed by atoms with Gasteiger partial charge in [-0.15, -0.1) is 0 Å². The van der Waals surface area contributed by atoms with Crippen molar-refractivity contribution in [1.29, 1.82) is 0 Å². The van der Waals surface area contributed by atoms with E-state index in [1.54, 1.807) is 9.83 Å². The number of hydrogen-bond donors (Lipinski definition) is 2. The fraction of sp³-hybridized carbons (Fsp3) is 0. The van der Waals surface area contributed by atoms with Gasteiger partial charge in [-0.3, -0.25) is 0 Å². The van der Waals surface area contributed by atoms with Crippen LogP contribution in [0.2, 0.25) is 0 Å². The van der Waals surface area contributed by atoms with E-state index < -0.39 is 20.0 Å². The Morgan fingerprint density at radius 2 is 1.88 bits per heavy atom. The van der Waals surface area contributed by atoms with E-state index in [4.69, 9.17) is 0 Å². The maximum absolute atomic E-state index is 4.16. The Morgan fingerprint density at radius 3 is 2.00 bits per heavy atom. The summed E-state index contributed by atoms with van der Waals surface area (Å²) in [6.07, 6.45) is 0. The molecule has 0 aliphatic heterocycles. The minimum absolute atomic E-state index is 0. The van der Waals surface area contributed by atoms with Gasteiger partial charge in [-0.1, -0.05) is 0 Å². The normalized spacial score (nSPS) is 6.25. The van der Waals surface area contributed by atoms with E-state index in [0.717, 1.165) is 0 Å². The molecule has 0 aromatic heterocycles. The number of thiol groups is 2. The molecule has 8 heteroatoms. The molecule has 0 amide bonds. The molecule has 0 saturated heterocycles. The summed E-state index contributed by atoms with van der Waals surface area (Å²) in [5, 5.41) is 0. The molecule has 0 heterocycles. The predicted octanol–water partition coefficient (Wildman–Crippen LogP) is 2.05. The van der Waals surface area contributed by atoms with Gasteiger partial charge in [0.2, 0.25) is 0 Å². The summed E-state index contributed by atoms with van der Waals surface area (Å²) in [4.78, 5) is 0. The molecule has 0 nitrogen and oxygen atoms in total. The average Bonchev–Trinajstić information content (AvgIpc) is 1.61. The van der Waals surface area contributed by atoms with Crippen molar-refractivity contribution in [1.82, 2.24) is 0 Å². The van der Waals surface area contributed by atoms with Gasteiger partial charge < -0.3 is 0 Å². The van der Waals surface area contributed by atoms with Crippen LogP contribution >= 0.6 is 48.4 Å². The molecule has 0 aliphatic carbocycles. The van der Waals surface area contributed by atoms with Crippen molar-refractivity contribution in [3.8, 4) is 0 Å². The summed E-state index contributed by atoms with van der Waals surface area (Å²) >= 11 is 3.33. The van der Waals surface area contributed by atoms with Crippen molar-refractivity contribution in [3.63, 3.8) is 0 Å². The van der Waals surface area contributed by atoms with Crippen LogP contribution in [0.15, 0.2) is 0 Å². The zero-order chi connectivity index (χ0) is 4.83. The fourth-order valence-electron chi connectivity index (χ4n) is 0.0430. The Balaban J connectivity index is -0.000000125. The molecule has 0 rings (SSSR count). The molecule has 0 saturated carbocycles. The molecule has 0 fully saturated rings. The molecule has 0 bridgehead atoms. The largest absolute Gasteiger partial charge is 0 e. The maximum Gasteiger partial charge on any atom is 0 e. The van der Waals surface area contributed by atoms with Gasteiger partial charge in [0.15, 0.2) is 0 Å². The molecule has 48 valence electrons. The van der Waals surface area contributed by atoms with Crippen molar-refractivity contribution in [2.24, 2.45) is 0 Å². The predicted molar refractivity (Wildman–Crippen MR) is 47.9 cm³/mol. The van der Waals surface area contributed by atoms with Crippen molar-refractivity contribution in [2.45, 2.75) is 0 Å². The van der Waals surface area contributed by atoms with Crippen molar-refractivity contribution in [3.05, 3.63) is 0 Å². The second-order valence-electron chi connectivity index (χ2n) is 0.390. The van der Waals surface area contributed by atoms with Crippen LogP contribution in [0.3, 0.4) is 0 Å². The first kappa shape index (κ1) is 17.7. The molecule has 0 spiro atoms. The van der Waals surface area contributed by atoms with Crippen LogP contribution in [0.1, 0.15) is 0 Å². The minimum Gasteiger partial charge on any atom is 0 e. The molecule has 0 unspecified atom stereocenters. The second-order valence-corrected chi connectivity index (χ2v) is 18.8. The topological polar surface area (TPSA) is 0 Å². The quantitative estimate of drug-likeness (QED) is 0.321. The van der Waals surface area contributed by atoms with E-state index >= 15 is 0 Å². The van der Waals surface area contributed by atoms with E-state index in [-0.39, 0.29) is 36.0 Å². The van der Waals surface area contributed by atoms with E-state index in [9.17, 15) is 0 Å². The van der Waals surface area contributed by atoms with Gasteiger partial charge in [0.1, 0.15) is 0 Å². The van der Waals surface area contributed by atoms with Crippen LogP contribution in [0, 0.1) is 0 Å². The smallest absolute Gasteiger partial charge is 0 e. The van der Waals surface area contributed by atoms with Gasteiger partial charge in [-0.2, -0.15) is 0 Å². The molecule has 0 atom stereocenters. The standard InChI is InChI=1S/In.Ni.H2S4.H2S.Zn.H/c;;1-3-4-2;;;/h;;1-2H;1H2;;/q+2;;;;;/p-2. The van der Waals surface area contributed by atoms with Crippen LogP contribution in [0.4, 0.5) is 0 Å². The minimum atomic E-state index is -0.580. The molecule has 8 heavy (non-hydrogen) atoms. The summed E-state index contributed by atoms with van der Waals surface area (Å²) in [5.74, 6) is 0. The Morgan fingerprint density at radius 1 is 1.38 bits per heavy atom. The Bertz CT molecular complexity index is 24.4. The molecular formula is H3InNiS5Zn. The summed E-state index contributed by atoms with van der Waals surface area (Å²) < 4.78 is 0. The van der Waals surface area contributed by atoms with E-state index in [1.807, 2.05) is 7.62 Å². The maximum atomic E-state index is 4.16. The Hall–Kier alpha value is 3.74. The Labute approximate surface area is 102 Å². The summed E-state index contributed by atoms with van der Waals surface area (Å²) in [7, 11) is 9.27. The van der Waals surface area contributed by atoms with Gasteiger partial charge in [0.05, 0.1) is 0 Å². The summed E-state index contributed by atoms with van der Waals surface area (Å²) in [6, 6.07) is 0. The first-order valence-corrected chi connectivity index (χ1v) is 16.8. The van der Waals surface area contributed by atoms with Crippen molar-refractivity contribution in [2.75, 3.05) is 0 Å². The zero-order valence-electron chi connectivity index (χ0n) is 3.85. The fourth-order valence-corrected chi connectivity index (χ4v) is 23.4. The van der Waals surface area contributed by atoms with Gasteiger partial charge in [-0.25, -0.2) is 0 Å². The van der Waals surface area contributed by atoms with Gasteiger partial charge in [0.25, 0.3) is 0 Å². The van der Waals surface area contributed by atoms with Gasteiger partial charge in [0, 0.05) is 36.0 Å². The first-order chi connectivity index (χ1) is 2.91. The molecule has 0 aliphatic rings.